The van der Waals surface area contributed by atoms with Gasteiger partial charge in [-0.3, -0.25) is 9.48 Å². The van der Waals surface area contributed by atoms with Crippen molar-refractivity contribution < 1.29 is 19.4 Å². The van der Waals surface area contributed by atoms with Crippen LogP contribution in [-0.4, -0.2) is 52.5 Å². The van der Waals surface area contributed by atoms with Crippen molar-refractivity contribution in [1.29, 1.82) is 0 Å². The number of hydrogen-bond acceptors (Lipinski definition) is 5. The summed E-state index contributed by atoms with van der Waals surface area (Å²) in [6.45, 7) is 5.50. The molecule has 1 N–H and O–H groups in total. The van der Waals surface area contributed by atoms with Crippen molar-refractivity contribution in [3.63, 3.8) is 0 Å². The highest BCUT2D eigenvalue weighted by Gasteiger charge is 2.40. The maximum absolute atomic E-state index is 12.9. The third-order valence-electron chi connectivity index (χ3n) is 5.49. The second kappa shape index (κ2) is 7.60. The number of carbonyl (C=O) groups is 1. The molecular formula is C20H27N3O4. The Hall–Kier alpha value is -2.54. The number of carbonyl (C=O) groups excluding carboxylic acids is 1. The standard InChI is InChI=1S/C20H27N3O4/c1-5-27-15-6-7-16(18(24)12-15)19(25)23-10-8-20(26-4,9-11-23)17-13-21-22(3)14(17)2/h6-7,12-13,24H,5,8-11H2,1-4H3. The zero-order valence-corrected chi connectivity index (χ0v) is 16.4. The van der Waals surface area contributed by atoms with Gasteiger partial charge in [0.05, 0.1) is 24.0 Å². The van der Waals surface area contributed by atoms with Crippen LogP contribution in [-0.2, 0) is 17.4 Å². The summed E-state index contributed by atoms with van der Waals surface area (Å²) in [5.41, 5.74) is 2.00. The van der Waals surface area contributed by atoms with Crippen molar-refractivity contribution in [2.24, 2.45) is 7.05 Å². The smallest absolute Gasteiger partial charge is 0.257 e. The SMILES string of the molecule is CCOc1ccc(C(=O)N2CCC(OC)(c3cnn(C)c3C)CC2)c(O)c1. The van der Waals surface area contributed by atoms with Gasteiger partial charge < -0.3 is 19.5 Å². The first-order valence-corrected chi connectivity index (χ1v) is 9.21. The Bertz CT molecular complexity index is 823. The number of piperidine rings is 1. The van der Waals surface area contributed by atoms with E-state index >= 15 is 0 Å². The lowest BCUT2D eigenvalue weighted by Crippen LogP contribution is -2.46. The summed E-state index contributed by atoms with van der Waals surface area (Å²) in [6, 6.07) is 4.81. The molecule has 0 bridgehead atoms. The van der Waals surface area contributed by atoms with E-state index in [2.05, 4.69) is 5.10 Å². The number of likely N-dealkylation sites (tertiary alicyclic amines) is 1. The van der Waals surface area contributed by atoms with Crippen LogP contribution in [0, 0.1) is 6.92 Å². The largest absolute Gasteiger partial charge is 0.507 e. The molecule has 27 heavy (non-hydrogen) atoms. The van der Waals surface area contributed by atoms with Crippen molar-refractivity contribution in [3.05, 3.63) is 41.2 Å². The molecule has 0 atom stereocenters. The number of phenolic OH excluding ortho intramolecular Hbond substituents is 1. The molecule has 1 saturated heterocycles. The lowest BCUT2D eigenvalue weighted by Gasteiger charge is -2.41. The molecule has 146 valence electrons. The van der Waals surface area contributed by atoms with E-state index in [1.165, 1.54) is 6.07 Å². The lowest BCUT2D eigenvalue weighted by molar-refractivity contribution is -0.0579. The van der Waals surface area contributed by atoms with Crippen molar-refractivity contribution in [2.75, 3.05) is 26.8 Å². The van der Waals surface area contributed by atoms with Gasteiger partial charge in [0.25, 0.3) is 5.91 Å². The van der Waals surface area contributed by atoms with E-state index in [0.717, 1.165) is 11.3 Å². The highest BCUT2D eigenvalue weighted by Crippen LogP contribution is 2.38. The predicted molar refractivity (Wildman–Crippen MR) is 101 cm³/mol. The number of rotatable bonds is 5. The van der Waals surface area contributed by atoms with Crippen LogP contribution in [0.4, 0.5) is 0 Å². The average Bonchev–Trinajstić information content (AvgIpc) is 3.01. The fourth-order valence-corrected chi connectivity index (χ4v) is 3.72. The Morgan fingerprint density at radius 1 is 1.33 bits per heavy atom. The van der Waals surface area contributed by atoms with E-state index in [1.54, 1.807) is 24.1 Å². The summed E-state index contributed by atoms with van der Waals surface area (Å²) >= 11 is 0. The predicted octanol–water partition coefficient (Wildman–Crippen LogP) is 2.61. The van der Waals surface area contributed by atoms with E-state index in [4.69, 9.17) is 9.47 Å². The summed E-state index contributed by atoms with van der Waals surface area (Å²) < 4.78 is 13.1. The molecule has 0 spiro atoms. The molecule has 0 radical (unpaired) electrons. The van der Waals surface area contributed by atoms with E-state index in [9.17, 15) is 9.90 Å². The van der Waals surface area contributed by atoms with Crippen LogP contribution in [0.3, 0.4) is 0 Å². The monoisotopic (exact) mass is 373 g/mol. The van der Waals surface area contributed by atoms with Crippen LogP contribution in [0.1, 0.15) is 41.4 Å². The van der Waals surface area contributed by atoms with Gasteiger partial charge in [-0.25, -0.2) is 0 Å². The van der Waals surface area contributed by atoms with Gasteiger partial charge in [0.15, 0.2) is 0 Å². The molecule has 1 aromatic heterocycles. The number of amides is 1. The highest BCUT2D eigenvalue weighted by molar-refractivity contribution is 5.97. The Morgan fingerprint density at radius 3 is 2.56 bits per heavy atom. The number of phenols is 1. The molecule has 3 rings (SSSR count). The number of aromatic hydroxyl groups is 1. The zero-order valence-electron chi connectivity index (χ0n) is 16.4. The maximum Gasteiger partial charge on any atom is 0.257 e. The van der Waals surface area contributed by atoms with E-state index in [1.807, 2.05) is 31.8 Å². The van der Waals surface area contributed by atoms with Gasteiger partial charge in [0.2, 0.25) is 0 Å². The Kier molecular flexibility index (Phi) is 5.41. The fourth-order valence-electron chi connectivity index (χ4n) is 3.72. The molecule has 1 aliphatic rings. The first-order valence-electron chi connectivity index (χ1n) is 9.21. The molecule has 0 aliphatic carbocycles. The average molecular weight is 373 g/mol. The minimum atomic E-state index is -0.435. The quantitative estimate of drug-likeness (QED) is 0.872. The first kappa shape index (κ1) is 19.2. The Balaban J connectivity index is 1.75. The van der Waals surface area contributed by atoms with E-state index < -0.39 is 5.60 Å². The molecule has 1 aromatic carbocycles. The van der Waals surface area contributed by atoms with E-state index in [0.29, 0.717) is 43.9 Å². The molecule has 1 aliphatic heterocycles. The summed E-state index contributed by atoms with van der Waals surface area (Å²) in [6.07, 6.45) is 3.22. The van der Waals surface area contributed by atoms with E-state index in [-0.39, 0.29) is 11.7 Å². The van der Waals surface area contributed by atoms with Gasteiger partial charge in [0.1, 0.15) is 11.5 Å². The number of aromatic nitrogens is 2. The maximum atomic E-state index is 12.9. The van der Waals surface area contributed by atoms with Crippen LogP contribution < -0.4 is 4.74 Å². The van der Waals surface area contributed by atoms with Gasteiger partial charge in [-0.15, -0.1) is 0 Å². The number of hydrogen-bond donors (Lipinski definition) is 1. The number of aryl methyl sites for hydroxylation is 1. The molecule has 0 unspecified atom stereocenters. The van der Waals surface area contributed by atoms with Crippen LogP contribution in [0.15, 0.2) is 24.4 Å². The number of methoxy groups -OCH3 is 1. The third kappa shape index (κ3) is 3.51. The Morgan fingerprint density at radius 2 is 2.04 bits per heavy atom. The van der Waals surface area contributed by atoms with Gasteiger partial charge >= 0.3 is 0 Å². The molecule has 2 aromatic rings. The third-order valence-corrected chi connectivity index (χ3v) is 5.49. The molecule has 7 nitrogen and oxygen atoms in total. The molecule has 2 heterocycles. The second-order valence-electron chi connectivity index (χ2n) is 6.87. The summed E-state index contributed by atoms with van der Waals surface area (Å²) in [5, 5.41) is 14.6. The van der Waals surface area contributed by atoms with Crippen molar-refractivity contribution >= 4 is 5.91 Å². The van der Waals surface area contributed by atoms with Gasteiger partial charge in [-0.05, 0) is 38.8 Å². The first-order chi connectivity index (χ1) is 12.9. The summed E-state index contributed by atoms with van der Waals surface area (Å²) in [7, 11) is 3.62. The highest BCUT2D eigenvalue weighted by atomic mass is 16.5. The van der Waals surface area contributed by atoms with Crippen LogP contribution in [0.25, 0.3) is 0 Å². The lowest BCUT2D eigenvalue weighted by atomic mass is 9.84. The van der Waals surface area contributed by atoms with Crippen LogP contribution >= 0.6 is 0 Å². The molecular weight excluding hydrogens is 346 g/mol. The van der Waals surface area contributed by atoms with Gasteiger partial charge in [-0.1, -0.05) is 0 Å². The summed E-state index contributed by atoms with van der Waals surface area (Å²) in [4.78, 5) is 14.6. The molecule has 1 fully saturated rings. The zero-order chi connectivity index (χ0) is 19.6. The summed E-state index contributed by atoms with van der Waals surface area (Å²) in [5.74, 6) is 0.316. The normalized spacial score (nSPS) is 16.4. The minimum Gasteiger partial charge on any atom is -0.507 e. The van der Waals surface area contributed by atoms with Crippen LogP contribution in [0.2, 0.25) is 0 Å². The van der Waals surface area contributed by atoms with Crippen LogP contribution in [0.5, 0.6) is 11.5 Å². The fraction of sp³-hybridized carbons (Fsp3) is 0.500. The number of nitrogens with zero attached hydrogens (tertiary/aromatic N) is 3. The van der Waals surface area contributed by atoms with Crippen molar-refractivity contribution in [1.82, 2.24) is 14.7 Å². The molecule has 7 heteroatoms. The second-order valence-corrected chi connectivity index (χ2v) is 6.87. The van der Waals surface area contributed by atoms with Crippen molar-refractivity contribution in [2.45, 2.75) is 32.3 Å². The number of benzene rings is 1. The molecule has 0 saturated carbocycles. The molecule has 1 amide bonds. The number of ether oxygens (including phenoxy) is 2. The minimum absolute atomic E-state index is 0.0577. The topological polar surface area (TPSA) is 76.8 Å². The Labute approximate surface area is 159 Å². The van der Waals surface area contributed by atoms with Crippen molar-refractivity contribution in [3.8, 4) is 11.5 Å². The van der Waals surface area contributed by atoms with Gasteiger partial charge in [-0.2, -0.15) is 5.10 Å². The van der Waals surface area contributed by atoms with Gasteiger partial charge in [0, 0.05) is 44.6 Å².